The summed E-state index contributed by atoms with van der Waals surface area (Å²) in [7, 11) is 0. The van der Waals surface area contributed by atoms with E-state index < -0.39 is 0 Å². The van der Waals surface area contributed by atoms with Crippen molar-refractivity contribution in [3.05, 3.63) is 59.7 Å². The Morgan fingerprint density at radius 2 is 1.84 bits per heavy atom. The fourth-order valence-corrected chi connectivity index (χ4v) is 2.96. The molecule has 25 heavy (non-hydrogen) atoms. The van der Waals surface area contributed by atoms with Crippen LogP contribution in [0.4, 0.5) is 11.4 Å². The van der Waals surface area contributed by atoms with Crippen molar-refractivity contribution in [2.75, 3.05) is 36.5 Å². The first-order valence-corrected chi connectivity index (χ1v) is 8.31. The number of para-hydroxylation sites is 2. The van der Waals surface area contributed by atoms with Gasteiger partial charge in [0.1, 0.15) is 0 Å². The van der Waals surface area contributed by atoms with Crippen molar-refractivity contribution in [1.29, 1.82) is 0 Å². The third-order valence-corrected chi connectivity index (χ3v) is 4.19. The molecule has 0 atom stereocenters. The summed E-state index contributed by atoms with van der Waals surface area (Å²) in [5, 5.41) is 14.5. The Balaban J connectivity index is 1.66. The van der Waals surface area contributed by atoms with E-state index in [2.05, 4.69) is 10.6 Å². The van der Waals surface area contributed by atoms with Crippen LogP contribution in [0.25, 0.3) is 0 Å². The minimum Gasteiger partial charge on any atom is -0.395 e. The quantitative estimate of drug-likeness (QED) is 0.743. The number of benzene rings is 2. The van der Waals surface area contributed by atoms with Crippen LogP contribution in [0.1, 0.15) is 15.9 Å². The van der Waals surface area contributed by atoms with Gasteiger partial charge in [-0.2, -0.15) is 0 Å². The van der Waals surface area contributed by atoms with Gasteiger partial charge in [-0.05, 0) is 30.2 Å². The number of nitrogens with one attached hydrogen (secondary N) is 2. The zero-order valence-electron chi connectivity index (χ0n) is 13.9. The molecule has 2 aromatic carbocycles. The van der Waals surface area contributed by atoms with E-state index in [4.69, 9.17) is 5.11 Å². The van der Waals surface area contributed by atoms with Crippen molar-refractivity contribution in [1.82, 2.24) is 5.32 Å². The van der Waals surface area contributed by atoms with Crippen LogP contribution < -0.4 is 15.5 Å². The maximum absolute atomic E-state index is 12.6. The molecule has 0 aromatic heterocycles. The summed E-state index contributed by atoms with van der Waals surface area (Å²) in [5.74, 6) is -0.313. The summed E-state index contributed by atoms with van der Waals surface area (Å²) in [6.07, 6.45) is 0.863. The van der Waals surface area contributed by atoms with Crippen LogP contribution in [0.3, 0.4) is 0 Å². The molecule has 0 bridgehead atoms. The van der Waals surface area contributed by atoms with Gasteiger partial charge in [0.25, 0.3) is 5.91 Å². The zero-order valence-corrected chi connectivity index (χ0v) is 13.9. The van der Waals surface area contributed by atoms with Crippen molar-refractivity contribution in [2.45, 2.75) is 6.42 Å². The number of hydrogen-bond donors (Lipinski definition) is 3. The maximum atomic E-state index is 12.6. The molecule has 0 radical (unpaired) electrons. The Labute approximate surface area is 146 Å². The second-order valence-corrected chi connectivity index (χ2v) is 5.80. The molecule has 3 N–H and O–H groups in total. The molecular formula is C19H21N3O3. The highest BCUT2D eigenvalue weighted by Gasteiger charge is 2.24. The summed E-state index contributed by atoms with van der Waals surface area (Å²) >= 11 is 0. The molecule has 6 nitrogen and oxygen atoms in total. The number of aliphatic hydroxyl groups excluding tert-OH is 1. The number of fused-ring (bicyclic) bond motifs is 1. The van der Waals surface area contributed by atoms with E-state index in [0.29, 0.717) is 17.8 Å². The van der Waals surface area contributed by atoms with Gasteiger partial charge in [-0.1, -0.05) is 30.3 Å². The molecule has 3 rings (SSSR count). The molecule has 0 saturated carbocycles. The average Bonchev–Trinajstić information content (AvgIpc) is 3.08. The fraction of sp³-hybridized carbons (Fsp3) is 0.263. The fourth-order valence-electron chi connectivity index (χ4n) is 2.96. The van der Waals surface area contributed by atoms with Crippen LogP contribution in [-0.4, -0.2) is 43.2 Å². The zero-order chi connectivity index (χ0) is 17.6. The lowest BCUT2D eigenvalue weighted by Gasteiger charge is -2.18. The lowest BCUT2D eigenvalue weighted by molar-refractivity contribution is -0.116. The van der Waals surface area contributed by atoms with Gasteiger partial charge in [0.2, 0.25) is 5.91 Å². The van der Waals surface area contributed by atoms with Crippen LogP contribution in [0.5, 0.6) is 0 Å². The first-order valence-electron chi connectivity index (χ1n) is 8.31. The second kappa shape index (κ2) is 7.81. The third kappa shape index (κ3) is 3.80. The number of nitrogens with zero attached hydrogens (tertiary/aromatic N) is 1. The van der Waals surface area contributed by atoms with Gasteiger partial charge in [-0.25, -0.2) is 0 Å². The molecule has 1 heterocycles. The Bertz CT molecular complexity index is 776. The number of hydrogen-bond acceptors (Lipinski definition) is 4. The smallest absolute Gasteiger partial charge is 0.253 e. The van der Waals surface area contributed by atoms with Gasteiger partial charge in [0.15, 0.2) is 0 Å². The number of carbonyl (C=O) groups is 2. The minimum atomic E-state index is -0.281. The number of aliphatic hydroxyl groups is 1. The second-order valence-electron chi connectivity index (χ2n) is 5.80. The van der Waals surface area contributed by atoms with E-state index in [1.165, 1.54) is 5.56 Å². The first kappa shape index (κ1) is 17.0. The molecule has 2 aromatic rings. The lowest BCUT2D eigenvalue weighted by Crippen LogP contribution is -2.34. The van der Waals surface area contributed by atoms with Crippen molar-refractivity contribution in [3.8, 4) is 0 Å². The lowest BCUT2D eigenvalue weighted by atomic mass is 10.1. The topological polar surface area (TPSA) is 81.7 Å². The van der Waals surface area contributed by atoms with E-state index in [0.717, 1.165) is 12.1 Å². The highest BCUT2D eigenvalue weighted by Crippen LogP contribution is 2.27. The number of amides is 2. The minimum absolute atomic E-state index is 0.0319. The monoisotopic (exact) mass is 339 g/mol. The van der Waals surface area contributed by atoms with Gasteiger partial charge >= 0.3 is 0 Å². The molecule has 0 spiro atoms. The van der Waals surface area contributed by atoms with Crippen LogP contribution >= 0.6 is 0 Å². The van der Waals surface area contributed by atoms with Gasteiger partial charge in [-0.15, -0.1) is 0 Å². The molecule has 0 unspecified atom stereocenters. The maximum Gasteiger partial charge on any atom is 0.253 e. The Hall–Kier alpha value is -2.86. The Morgan fingerprint density at radius 3 is 2.68 bits per heavy atom. The number of carbonyl (C=O) groups excluding carboxylic acids is 2. The van der Waals surface area contributed by atoms with E-state index >= 15 is 0 Å². The molecule has 0 fully saturated rings. The van der Waals surface area contributed by atoms with Crippen LogP contribution in [0.2, 0.25) is 0 Å². The molecule has 6 heteroatoms. The van der Waals surface area contributed by atoms with Gasteiger partial charge in [0.05, 0.1) is 18.7 Å². The highest BCUT2D eigenvalue weighted by molar-refractivity contribution is 6.01. The molecule has 130 valence electrons. The molecule has 1 aliphatic rings. The van der Waals surface area contributed by atoms with Gasteiger partial charge < -0.3 is 20.6 Å². The van der Waals surface area contributed by atoms with Crippen LogP contribution in [-0.2, 0) is 11.2 Å². The summed E-state index contributed by atoms with van der Waals surface area (Å²) in [4.78, 5) is 26.5. The van der Waals surface area contributed by atoms with Crippen molar-refractivity contribution < 1.29 is 14.7 Å². The third-order valence-electron chi connectivity index (χ3n) is 4.19. The normalized spacial score (nSPS) is 12.6. The standard InChI is InChI=1S/C19H21N3O3/c23-12-10-20-19(25)15-6-2-3-7-16(15)21-13-18(24)22-11-9-14-5-1-4-8-17(14)22/h1-8,21,23H,9-13H2,(H,20,25). The van der Waals surface area contributed by atoms with E-state index in [1.807, 2.05) is 24.3 Å². The Morgan fingerprint density at radius 1 is 1.08 bits per heavy atom. The van der Waals surface area contributed by atoms with Crippen molar-refractivity contribution >= 4 is 23.2 Å². The van der Waals surface area contributed by atoms with Crippen LogP contribution in [0, 0.1) is 0 Å². The molecule has 0 saturated heterocycles. The van der Waals surface area contributed by atoms with Crippen molar-refractivity contribution in [3.63, 3.8) is 0 Å². The van der Waals surface area contributed by atoms with Crippen LogP contribution in [0.15, 0.2) is 48.5 Å². The highest BCUT2D eigenvalue weighted by atomic mass is 16.3. The summed E-state index contributed by atoms with van der Waals surface area (Å²) in [6, 6.07) is 14.9. The summed E-state index contributed by atoms with van der Waals surface area (Å²) in [5.41, 5.74) is 3.19. The van der Waals surface area contributed by atoms with Gasteiger partial charge in [0, 0.05) is 24.5 Å². The first-order chi connectivity index (χ1) is 12.2. The van der Waals surface area contributed by atoms with E-state index in [-0.39, 0.29) is 31.5 Å². The molecular weight excluding hydrogens is 318 g/mol. The largest absolute Gasteiger partial charge is 0.395 e. The predicted octanol–water partition coefficient (Wildman–Crippen LogP) is 1.41. The predicted molar refractivity (Wildman–Crippen MR) is 96.8 cm³/mol. The van der Waals surface area contributed by atoms with E-state index in [1.54, 1.807) is 29.2 Å². The summed E-state index contributed by atoms with van der Waals surface area (Å²) < 4.78 is 0. The summed E-state index contributed by atoms with van der Waals surface area (Å²) in [6.45, 7) is 0.863. The average molecular weight is 339 g/mol. The van der Waals surface area contributed by atoms with Crippen molar-refractivity contribution in [2.24, 2.45) is 0 Å². The molecule has 2 amide bonds. The Kier molecular flexibility index (Phi) is 5.30. The SMILES string of the molecule is O=C(NCCO)c1ccccc1NCC(=O)N1CCc2ccccc21. The molecule has 0 aliphatic carbocycles. The number of anilines is 2. The van der Waals surface area contributed by atoms with Gasteiger partial charge in [-0.3, -0.25) is 9.59 Å². The van der Waals surface area contributed by atoms with E-state index in [9.17, 15) is 9.59 Å². The molecule has 1 aliphatic heterocycles. The number of rotatable bonds is 6.